The van der Waals surface area contributed by atoms with Crippen LogP contribution in [0.15, 0.2) is 42.5 Å². The Hall–Kier alpha value is -2.44. The maximum absolute atomic E-state index is 12.1. The van der Waals surface area contributed by atoms with Crippen LogP contribution in [-0.2, 0) is 6.61 Å². The van der Waals surface area contributed by atoms with Crippen LogP contribution in [0.4, 0.5) is 11.4 Å². The van der Waals surface area contributed by atoms with Crippen molar-refractivity contribution in [1.82, 2.24) is 0 Å². The van der Waals surface area contributed by atoms with Crippen LogP contribution in [0.25, 0.3) is 0 Å². The average Bonchev–Trinajstić information content (AvgIpc) is 2.47. The fourth-order valence-electron chi connectivity index (χ4n) is 1.75. The molecule has 0 atom stereocenters. The third-order valence-electron chi connectivity index (χ3n) is 2.78. The van der Waals surface area contributed by atoms with E-state index in [0.29, 0.717) is 11.3 Å². The first kappa shape index (κ1) is 15.0. The van der Waals surface area contributed by atoms with Gasteiger partial charge in [0.25, 0.3) is 11.6 Å². The van der Waals surface area contributed by atoms with E-state index in [1.807, 2.05) is 0 Å². The van der Waals surface area contributed by atoms with Gasteiger partial charge in [-0.15, -0.1) is 0 Å². The summed E-state index contributed by atoms with van der Waals surface area (Å²) in [4.78, 5) is 22.1. The summed E-state index contributed by atoms with van der Waals surface area (Å²) in [7, 11) is 0. The standard InChI is InChI=1S/C14H11ClN2O4/c15-13-7-11(17(20)21)4-5-12(13)14(19)16-10-3-1-2-9(6-10)8-18/h1-7,18H,8H2,(H,16,19). The lowest BCUT2D eigenvalue weighted by Gasteiger charge is -2.07. The summed E-state index contributed by atoms with van der Waals surface area (Å²) in [5.41, 5.74) is 1.11. The Morgan fingerprint density at radius 3 is 2.67 bits per heavy atom. The molecule has 0 aliphatic heterocycles. The van der Waals surface area contributed by atoms with E-state index in [9.17, 15) is 14.9 Å². The molecule has 0 spiro atoms. The highest BCUT2D eigenvalue weighted by Crippen LogP contribution is 2.23. The van der Waals surface area contributed by atoms with Crippen molar-refractivity contribution >= 4 is 28.9 Å². The van der Waals surface area contributed by atoms with E-state index in [1.54, 1.807) is 24.3 Å². The minimum absolute atomic E-state index is 0.0000118. The number of aliphatic hydroxyl groups excluding tert-OH is 1. The number of aliphatic hydroxyl groups is 1. The largest absolute Gasteiger partial charge is 0.392 e. The monoisotopic (exact) mass is 306 g/mol. The van der Waals surface area contributed by atoms with E-state index in [1.165, 1.54) is 12.1 Å². The molecule has 2 rings (SSSR count). The van der Waals surface area contributed by atoms with Crippen molar-refractivity contribution < 1.29 is 14.8 Å². The number of nitro groups is 1. The molecule has 0 radical (unpaired) electrons. The van der Waals surface area contributed by atoms with Gasteiger partial charge in [0.2, 0.25) is 0 Å². The number of carbonyl (C=O) groups excluding carboxylic acids is 1. The third-order valence-corrected chi connectivity index (χ3v) is 3.09. The summed E-state index contributed by atoms with van der Waals surface area (Å²) in [6.45, 7) is -0.137. The van der Waals surface area contributed by atoms with Crippen molar-refractivity contribution in [2.45, 2.75) is 6.61 Å². The van der Waals surface area contributed by atoms with Gasteiger partial charge in [0.15, 0.2) is 0 Å². The van der Waals surface area contributed by atoms with Crippen LogP contribution >= 0.6 is 11.6 Å². The second kappa shape index (κ2) is 6.34. The van der Waals surface area contributed by atoms with Crippen LogP contribution in [0.2, 0.25) is 5.02 Å². The first-order valence-corrected chi connectivity index (χ1v) is 6.34. The molecule has 0 fully saturated rings. The van der Waals surface area contributed by atoms with E-state index in [4.69, 9.17) is 16.7 Å². The van der Waals surface area contributed by atoms with Crippen molar-refractivity contribution in [2.75, 3.05) is 5.32 Å². The van der Waals surface area contributed by atoms with Crippen molar-refractivity contribution in [3.05, 3.63) is 68.7 Å². The summed E-state index contributed by atoms with van der Waals surface area (Å²) in [5.74, 6) is -0.481. The Bertz CT molecular complexity index is 703. The highest BCUT2D eigenvalue weighted by atomic mass is 35.5. The molecule has 108 valence electrons. The van der Waals surface area contributed by atoms with Crippen LogP contribution in [0.5, 0.6) is 0 Å². The summed E-state index contributed by atoms with van der Waals surface area (Å²) in [5, 5.41) is 22.3. The van der Waals surface area contributed by atoms with E-state index in [2.05, 4.69) is 5.32 Å². The molecule has 2 aromatic rings. The maximum atomic E-state index is 12.1. The average molecular weight is 307 g/mol. The Kier molecular flexibility index (Phi) is 4.52. The van der Waals surface area contributed by atoms with Crippen LogP contribution in [0, 0.1) is 10.1 Å². The summed E-state index contributed by atoms with van der Waals surface area (Å²) >= 11 is 5.89. The minimum atomic E-state index is -0.585. The fraction of sp³-hybridized carbons (Fsp3) is 0.0714. The molecule has 0 heterocycles. The number of non-ortho nitro benzene ring substituents is 1. The lowest BCUT2D eigenvalue weighted by molar-refractivity contribution is -0.384. The number of rotatable bonds is 4. The topological polar surface area (TPSA) is 92.5 Å². The van der Waals surface area contributed by atoms with E-state index < -0.39 is 10.8 Å². The molecule has 0 aliphatic carbocycles. The zero-order valence-corrected chi connectivity index (χ0v) is 11.5. The quantitative estimate of drug-likeness (QED) is 0.671. The lowest BCUT2D eigenvalue weighted by atomic mass is 10.1. The lowest BCUT2D eigenvalue weighted by Crippen LogP contribution is -2.12. The number of hydrogen-bond acceptors (Lipinski definition) is 4. The van der Waals surface area contributed by atoms with Gasteiger partial charge in [-0.2, -0.15) is 0 Å². The fourth-order valence-corrected chi connectivity index (χ4v) is 2.01. The van der Waals surface area contributed by atoms with Gasteiger partial charge in [-0.25, -0.2) is 0 Å². The Labute approximate surface area is 125 Å². The van der Waals surface area contributed by atoms with Gasteiger partial charge >= 0.3 is 0 Å². The number of carbonyl (C=O) groups is 1. The first-order chi connectivity index (χ1) is 10.0. The smallest absolute Gasteiger partial charge is 0.270 e. The predicted molar refractivity (Wildman–Crippen MR) is 78.4 cm³/mol. The number of benzene rings is 2. The molecule has 0 aliphatic rings. The number of nitrogens with zero attached hydrogens (tertiary/aromatic N) is 1. The van der Waals surface area contributed by atoms with E-state index >= 15 is 0 Å². The Morgan fingerprint density at radius 1 is 1.29 bits per heavy atom. The van der Waals surface area contributed by atoms with Crippen LogP contribution < -0.4 is 5.32 Å². The van der Waals surface area contributed by atoms with Crippen LogP contribution in [-0.4, -0.2) is 15.9 Å². The number of anilines is 1. The normalized spacial score (nSPS) is 10.2. The SMILES string of the molecule is O=C(Nc1cccc(CO)c1)c1ccc([N+](=O)[O-])cc1Cl. The predicted octanol–water partition coefficient (Wildman–Crippen LogP) is 2.99. The number of hydrogen-bond donors (Lipinski definition) is 2. The Morgan fingerprint density at radius 2 is 2.05 bits per heavy atom. The maximum Gasteiger partial charge on any atom is 0.270 e. The molecule has 0 saturated carbocycles. The van der Waals surface area contributed by atoms with Gasteiger partial charge in [0.1, 0.15) is 0 Å². The molecule has 0 aromatic heterocycles. The molecule has 2 aromatic carbocycles. The molecule has 2 N–H and O–H groups in total. The number of halogens is 1. The third kappa shape index (κ3) is 3.56. The number of nitro benzene ring substituents is 1. The zero-order valence-electron chi connectivity index (χ0n) is 10.7. The summed E-state index contributed by atoms with van der Waals surface area (Å²) in [6, 6.07) is 10.3. The molecule has 7 heteroatoms. The second-order valence-corrected chi connectivity index (χ2v) is 4.64. The van der Waals surface area contributed by atoms with Crippen LogP contribution in [0.3, 0.4) is 0 Å². The first-order valence-electron chi connectivity index (χ1n) is 5.96. The van der Waals surface area contributed by atoms with Crippen LogP contribution in [0.1, 0.15) is 15.9 Å². The number of amides is 1. The van der Waals surface area contributed by atoms with Crippen molar-refractivity contribution in [3.8, 4) is 0 Å². The molecule has 0 saturated heterocycles. The highest BCUT2D eigenvalue weighted by Gasteiger charge is 2.15. The summed E-state index contributed by atoms with van der Waals surface area (Å²) < 4.78 is 0. The van der Waals surface area contributed by atoms with Crippen molar-refractivity contribution in [2.24, 2.45) is 0 Å². The second-order valence-electron chi connectivity index (χ2n) is 4.23. The van der Waals surface area contributed by atoms with E-state index in [-0.39, 0.29) is 22.9 Å². The number of nitrogens with one attached hydrogen (secondary N) is 1. The molecule has 1 amide bonds. The molecule has 0 unspecified atom stereocenters. The van der Waals surface area contributed by atoms with Crippen molar-refractivity contribution in [3.63, 3.8) is 0 Å². The minimum Gasteiger partial charge on any atom is -0.392 e. The van der Waals surface area contributed by atoms with Crippen molar-refractivity contribution in [1.29, 1.82) is 0 Å². The highest BCUT2D eigenvalue weighted by molar-refractivity contribution is 6.34. The summed E-state index contributed by atoms with van der Waals surface area (Å²) in [6.07, 6.45) is 0. The zero-order chi connectivity index (χ0) is 15.4. The van der Waals surface area contributed by atoms with Gasteiger partial charge in [-0.1, -0.05) is 23.7 Å². The van der Waals surface area contributed by atoms with Gasteiger partial charge in [-0.3, -0.25) is 14.9 Å². The van der Waals surface area contributed by atoms with Gasteiger partial charge < -0.3 is 10.4 Å². The molecule has 21 heavy (non-hydrogen) atoms. The Balaban J connectivity index is 2.22. The van der Waals surface area contributed by atoms with Gasteiger partial charge in [-0.05, 0) is 23.8 Å². The van der Waals surface area contributed by atoms with E-state index in [0.717, 1.165) is 6.07 Å². The van der Waals surface area contributed by atoms with Gasteiger partial charge in [0, 0.05) is 17.8 Å². The molecule has 0 bridgehead atoms. The molecule has 6 nitrogen and oxygen atoms in total. The molecular weight excluding hydrogens is 296 g/mol. The molecular formula is C14H11ClN2O4. The van der Waals surface area contributed by atoms with Gasteiger partial charge in [0.05, 0.1) is 22.1 Å².